The molecule has 0 unspecified atom stereocenters. The van der Waals surface area contributed by atoms with Crippen molar-refractivity contribution in [2.45, 2.75) is 33.2 Å². The van der Waals surface area contributed by atoms with Crippen molar-refractivity contribution in [2.75, 3.05) is 29.4 Å². The predicted octanol–water partition coefficient (Wildman–Crippen LogP) is 4.28. The first-order valence-corrected chi connectivity index (χ1v) is 9.79. The minimum atomic E-state index is 0.449. The molecule has 25 heavy (non-hydrogen) atoms. The quantitative estimate of drug-likeness (QED) is 0.704. The van der Waals surface area contributed by atoms with Crippen LogP contribution in [0.3, 0.4) is 0 Å². The molecule has 1 fully saturated rings. The second kappa shape index (κ2) is 6.64. The Kier molecular flexibility index (Phi) is 4.34. The van der Waals surface area contributed by atoms with Crippen LogP contribution in [-0.4, -0.2) is 35.6 Å². The van der Waals surface area contributed by atoms with Gasteiger partial charge in [-0.25, -0.2) is 9.97 Å². The van der Waals surface area contributed by atoms with Crippen molar-refractivity contribution in [2.24, 2.45) is 0 Å². The average Bonchev–Trinajstić information content (AvgIpc) is 3.05. The zero-order chi connectivity index (χ0) is 17.4. The zero-order valence-corrected chi connectivity index (χ0v) is 15.9. The van der Waals surface area contributed by atoms with Crippen molar-refractivity contribution in [3.8, 4) is 0 Å². The van der Waals surface area contributed by atoms with Gasteiger partial charge >= 0.3 is 0 Å². The maximum Gasteiger partial charge on any atom is 0.140 e. The first kappa shape index (κ1) is 16.3. The third-order valence-electron chi connectivity index (χ3n) is 4.97. The molecule has 2 aromatic heterocycles. The van der Waals surface area contributed by atoms with E-state index in [0.717, 1.165) is 36.7 Å². The van der Waals surface area contributed by atoms with E-state index in [2.05, 4.69) is 70.9 Å². The zero-order valence-electron chi connectivity index (χ0n) is 15.1. The highest BCUT2D eigenvalue weighted by atomic mass is 32.1. The number of nitrogens with zero attached hydrogens (tertiary/aromatic N) is 4. The lowest BCUT2D eigenvalue weighted by Crippen LogP contribution is -2.52. The molecule has 1 aliphatic heterocycles. The Balaban J connectivity index is 1.59. The van der Waals surface area contributed by atoms with Crippen LogP contribution < -0.4 is 9.80 Å². The number of hydrogen-bond donors (Lipinski definition) is 0. The van der Waals surface area contributed by atoms with Gasteiger partial charge in [0.2, 0.25) is 0 Å². The fourth-order valence-corrected chi connectivity index (χ4v) is 4.59. The van der Waals surface area contributed by atoms with Gasteiger partial charge in [-0.3, -0.25) is 0 Å². The van der Waals surface area contributed by atoms with E-state index in [-0.39, 0.29) is 0 Å². The maximum absolute atomic E-state index is 4.63. The number of benzene rings is 1. The van der Waals surface area contributed by atoms with Gasteiger partial charge in [0.25, 0.3) is 0 Å². The highest BCUT2D eigenvalue weighted by molar-refractivity contribution is 7.18. The molecule has 0 aliphatic carbocycles. The number of aryl methyl sites for hydroxylation is 2. The molecule has 3 aromatic rings. The molecule has 5 heteroatoms. The lowest BCUT2D eigenvalue weighted by atomic mass is 10.1. The first-order valence-electron chi connectivity index (χ1n) is 8.97. The Bertz CT molecular complexity index is 888. The Hall–Kier alpha value is -2.14. The maximum atomic E-state index is 4.63. The van der Waals surface area contributed by atoms with Gasteiger partial charge in [-0.15, -0.1) is 11.3 Å². The molecule has 1 atom stereocenters. The molecule has 1 aliphatic rings. The number of hydrogen-bond acceptors (Lipinski definition) is 5. The van der Waals surface area contributed by atoms with Crippen molar-refractivity contribution < 1.29 is 0 Å². The summed E-state index contributed by atoms with van der Waals surface area (Å²) in [6, 6.07) is 11.5. The van der Waals surface area contributed by atoms with Gasteiger partial charge in [0, 0.05) is 36.2 Å². The summed E-state index contributed by atoms with van der Waals surface area (Å²) in [6.07, 6.45) is 2.77. The second-order valence-electron chi connectivity index (χ2n) is 6.81. The van der Waals surface area contributed by atoms with E-state index in [1.54, 1.807) is 17.7 Å². The Labute approximate surface area is 153 Å². The summed E-state index contributed by atoms with van der Waals surface area (Å²) in [4.78, 5) is 16.5. The molecule has 4 nitrogen and oxygen atoms in total. The summed E-state index contributed by atoms with van der Waals surface area (Å²) in [6.45, 7) is 9.64. The number of anilines is 2. The molecule has 0 spiro atoms. The van der Waals surface area contributed by atoms with Crippen LogP contribution in [0.25, 0.3) is 10.2 Å². The molecule has 4 rings (SSSR count). The van der Waals surface area contributed by atoms with Crippen LogP contribution in [0.4, 0.5) is 11.5 Å². The van der Waals surface area contributed by atoms with E-state index in [1.807, 2.05) is 0 Å². The number of thiophene rings is 1. The van der Waals surface area contributed by atoms with Crippen LogP contribution in [0.15, 0.2) is 36.7 Å². The second-order valence-corrected chi connectivity index (χ2v) is 7.93. The van der Waals surface area contributed by atoms with Gasteiger partial charge < -0.3 is 9.80 Å². The topological polar surface area (TPSA) is 32.3 Å². The summed E-state index contributed by atoms with van der Waals surface area (Å²) in [5, 5.41) is 1.21. The van der Waals surface area contributed by atoms with Gasteiger partial charge in [0.1, 0.15) is 17.0 Å². The predicted molar refractivity (Wildman–Crippen MR) is 107 cm³/mol. The summed E-state index contributed by atoms with van der Waals surface area (Å²) in [7, 11) is 0. The molecule has 130 valence electrons. The van der Waals surface area contributed by atoms with Gasteiger partial charge in [-0.2, -0.15) is 0 Å². The van der Waals surface area contributed by atoms with Crippen molar-refractivity contribution in [1.29, 1.82) is 0 Å². The lowest BCUT2D eigenvalue weighted by molar-refractivity contribution is 0.548. The first-order chi connectivity index (χ1) is 12.2. The summed E-state index contributed by atoms with van der Waals surface area (Å²) >= 11 is 1.79. The Morgan fingerprint density at radius 3 is 2.84 bits per heavy atom. The van der Waals surface area contributed by atoms with Crippen LogP contribution in [-0.2, 0) is 6.42 Å². The molecule has 0 N–H and O–H groups in total. The molecule has 0 bridgehead atoms. The third kappa shape index (κ3) is 3.09. The number of rotatable bonds is 3. The third-order valence-corrected chi connectivity index (χ3v) is 6.16. The molecule has 1 saturated heterocycles. The van der Waals surface area contributed by atoms with Crippen molar-refractivity contribution >= 4 is 33.1 Å². The SMILES string of the molecule is CCc1cc2c(N3CCN(c4cccc(C)c4)[C@@H](C)C3)ncnc2s1. The van der Waals surface area contributed by atoms with E-state index in [9.17, 15) is 0 Å². The van der Waals surface area contributed by atoms with E-state index >= 15 is 0 Å². The van der Waals surface area contributed by atoms with Crippen LogP contribution >= 0.6 is 11.3 Å². The minimum absolute atomic E-state index is 0.449. The smallest absolute Gasteiger partial charge is 0.140 e. The minimum Gasteiger partial charge on any atom is -0.365 e. The van der Waals surface area contributed by atoms with E-state index in [4.69, 9.17) is 0 Å². The normalized spacial score (nSPS) is 18.1. The van der Waals surface area contributed by atoms with Gasteiger partial charge in [-0.1, -0.05) is 19.1 Å². The average molecular weight is 353 g/mol. The van der Waals surface area contributed by atoms with E-state index < -0.39 is 0 Å². The Morgan fingerprint density at radius 1 is 1.20 bits per heavy atom. The summed E-state index contributed by atoms with van der Waals surface area (Å²) in [5.41, 5.74) is 2.64. The van der Waals surface area contributed by atoms with Crippen LogP contribution in [0.1, 0.15) is 24.3 Å². The Morgan fingerprint density at radius 2 is 2.08 bits per heavy atom. The number of aromatic nitrogens is 2. The molecular weight excluding hydrogens is 328 g/mol. The largest absolute Gasteiger partial charge is 0.365 e. The number of fused-ring (bicyclic) bond motifs is 1. The molecular formula is C20H24N4S. The standard InChI is InChI=1S/C20H24N4S/c1-4-17-11-18-19(21-13-22-20(18)25-17)23-8-9-24(15(3)12-23)16-7-5-6-14(2)10-16/h5-7,10-11,13,15H,4,8-9,12H2,1-3H3/t15-/m0/s1. The van der Waals surface area contributed by atoms with Gasteiger partial charge in [0.05, 0.1) is 5.39 Å². The van der Waals surface area contributed by atoms with E-state index in [0.29, 0.717) is 6.04 Å². The fourth-order valence-electron chi connectivity index (χ4n) is 3.66. The van der Waals surface area contributed by atoms with Crippen molar-refractivity contribution in [3.05, 3.63) is 47.1 Å². The lowest BCUT2D eigenvalue weighted by Gasteiger charge is -2.42. The number of piperazine rings is 1. The van der Waals surface area contributed by atoms with E-state index in [1.165, 1.54) is 21.5 Å². The summed E-state index contributed by atoms with van der Waals surface area (Å²) < 4.78 is 0. The highest BCUT2D eigenvalue weighted by Gasteiger charge is 2.26. The molecule has 0 saturated carbocycles. The van der Waals surface area contributed by atoms with Crippen molar-refractivity contribution in [3.63, 3.8) is 0 Å². The fraction of sp³-hybridized carbons (Fsp3) is 0.400. The van der Waals surface area contributed by atoms with Gasteiger partial charge in [-0.05, 0) is 44.0 Å². The monoisotopic (exact) mass is 352 g/mol. The van der Waals surface area contributed by atoms with Crippen molar-refractivity contribution in [1.82, 2.24) is 9.97 Å². The van der Waals surface area contributed by atoms with Gasteiger partial charge in [0.15, 0.2) is 0 Å². The highest BCUT2D eigenvalue weighted by Crippen LogP contribution is 2.32. The molecule has 0 radical (unpaired) electrons. The molecule has 0 amide bonds. The van der Waals surface area contributed by atoms with Crippen LogP contribution in [0, 0.1) is 6.92 Å². The molecule has 3 heterocycles. The molecule has 1 aromatic carbocycles. The summed E-state index contributed by atoms with van der Waals surface area (Å²) in [5.74, 6) is 1.09. The van der Waals surface area contributed by atoms with Crippen LogP contribution in [0.2, 0.25) is 0 Å². The van der Waals surface area contributed by atoms with Crippen LogP contribution in [0.5, 0.6) is 0 Å².